The first-order valence-corrected chi connectivity index (χ1v) is 16.4. The SMILES string of the molecule is CC1N(C)c2ccc(-c3ccc(-c4cc(-c5ccccc5-c5ccccc5)nc(-c5ccc(-c6ccccc6)cc5)n4)cc3)cc2N1C. The third-order valence-electron chi connectivity index (χ3n) is 9.63. The van der Waals surface area contributed by atoms with E-state index in [-0.39, 0.29) is 0 Å². The summed E-state index contributed by atoms with van der Waals surface area (Å²) in [6.45, 7) is 2.23. The minimum atomic E-state index is 0.334. The minimum Gasteiger partial charge on any atom is -0.353 e. The van der Waals surface area contributed by atoms with Gasteiger partial charge in [0.2, 0.25) is 0 Å². The summed E-state index contributed by atoms with van der Waals surface area (Å²) in [4.78, 5) is 15.0. The second-order valence-electron chi connectivity index (χ2n) is 12.5. The Morgan fingerprint density at radius 2 is 0.875 bits per heavy atom. The highest BCUT2D eigenvalue weighted by atomic mass is 15.4. The quantitative estimate of drug-likeness (QED) is 0.185. The number of fused-ring (bicyclic) bond motifs is 1. The topological polar surface area (TPSA) is 32.3 Å². The van der Waals surface area contributed by atoms with E-state index in [4.69, 9.17) is 9.97 Å². The van der Waals surface area contributed by atoms with Crippen LogP contribution in [0.25, 0.3) is 67.3 Å². The predicted octanol–water partition coefficient (Wildman–Crippen LogP) is 10.7. The van der Waals surface area contributed by atoms with Crippen molar-refractivity contribution in [1.29, 1.82) is 0 Å². The molecule has 0 N–H and O–H groups in total. The Morgan fingerprint density at radius 1 is 0.396 bits per heavy atom. The third-order valence-corrected chi connectivity index (χ3v) is 9.63. The number of benzene rings is 6. The monoisotopic (exact) mass is 620 g/mol. The van der Waals surface area contributed by atoms with Crippen LogP contribution in [-0.4, -0.2) is 30.2 Å². The molecule has 7 aromatic rings. The van der Waals surface area contributed by atoms with Gasteiger partial charge in [0.25, 0.3) is 0 Å². The molecule has 1 aliphatic rings. The molecule has 6 aromatic carbocycles. The summed E-state index contributed by atoms with van der Waals surface area (Å²) in [5.41, 5.74) is 14.4. The van der Waals surface area contributed by atoms with Gasteiger partial charge in [0.05, 0.1) is 28.9 Å². The Balaban J connectivity index is 1.21. The normalized spacial score (nSPS) is 13.9. The van der Waals surface area contributed by atoms with E-state index in [0.29, 0.717) is 12.0 Å². The summed E-state index contributed by atoms with van der Waals surface area (Å²) in [6, 6.07) is 55.6. The van der Waals surface area contributed by atoms with Gasteiger partial charge in [0, 0.05) is 30.8 Å². The smallest absolute Gasteiger partial charge is 0.160 e. The fourth-order valence-electron chi connectivity index (χ4n) is 6.66. The molecular weight excluding hydrogens is 585 g/mol. The van der Waals surface area contributed by atoms with Crippen LogP contribution >= 0.6 is 0 Å². The molecule has 0 bridgehead atoms. The van der Waals surface area contributed by atoms with Crippen molar-refractivity contribution in [2.45, 2.75) is 13.1 Å². The van der Waals surface area contributed by atoms with Crippen molar-refractivity contribution in [3.05, 3.63) is 158 Å². The van der Waals surface area contributed by atoms with Crippen LogP contribution in [0.4, 0.5) is 11.4 Å². The van der Waals surface area contributed by atoms with Gasteiger partial charge in [0.15, 0.2) is 5.82 Å². The molecule has 1 aromatic heterocycles. The van der Waals surface area contributed by atoms with Crippen molar-refractivity contribution in [3.8, 4) is 67.3 Å². The second kappa shape index (κ2) is 12.3. The van der Waals surface area contributed by atoms with E-state index in [1.165, 1.54) is 33.6 Å². The van der Waals surface area contributed by atoms with Crippen LogP contribution in [0, 0.1) is 0 Å². The molecule has 232 valence electrons. The van der Waals surface area contributed by atoms with E-state index in [9.17, 15) is 0 Å². The molecule has 0 spiro atoms. The summed E-state index contributed by atoms with van der Waals surface area (Å²) >= 11 is 0. The van der Waals surface area contributed by atoms with Gasteiger partial charge < -0.3 is 9.80 Å². The van der Waals surface area contributed by atoms with Crippen molar-refractivity contribution >= 4 is 11.4 Å². The first-order chi connectivity index (χ1) is 23.5. The lowest BCUT2D eigenvalue weighted by Crippen LogP contribution is -2.35. The summed E-state index contributed by atoms with van der Waals surface area (Å²) in [5.74, 6) is 0.703. The molecule has 0 saturated heterocycles. The number of nitrogens with zero attached hydrogens (tertiary/aromatic N) is 4. The molecule has 1 atom stereocenters. The van der Waals surface area contributed by atoms with Gasteiger partial charge in [-0.15, -0.1) is 0 Å². The molecule has 0 radical (unpaired) electrons. The Labute approximate surface area is 282 Å². The summed E-state index contributed by atoms with van der Waals surface area (Å²) < 4.78 is 0. The highest BCUT2D eigenvalue weighted by Crippen LogP contribution is 2.41. The van der Waals surface area contributed by atoms with Crippen LogP contribution < -0.4 is 9.80 Å². The molecule has 1 aliphatic heterocycles. The number of hydrogen-bond acceptors (Lipinski definition) is 4. The predicted molar refractivity (Wildman–Crippen MR) is 201 cm³/mol. The fourth-order valence-corrected chi connectivity index (χ4v) is 6.66. The molecule has 0 fully saturated rings. The van der Waals surface area contributed by atoms with Gasteiger partial charge in [0.1, 0.15) is 0 Å². The molecule has 1 unspecified atom stereocenters. The maximum Gasteiger partial charge on any atom is 0.160 e. The lowest BCUT2D eigenvalue weighted by molar-refractivity contribution is 0.710. The Morgan fingerprint density at radius 3 is 1.56 bits per heavy atom. The average molecular weight is 621 g/mol. The zero-order valence-corrected chi connectivity index (χ0v) is 27.4. The first kappa shape index (κ1) is 29.4. The van der Waals surface area contributed by atoms with Crippen molar-refractivity contribution in [3.63, 3.8) is 0 Å². The molecule has 0 amide bonds. The molecule has 4 nitrogen and oxygen atoms in total. The van der Waals surface area contributed by atoms with Crippen molar-refractivity contribution in [1.82, 2.24) is 9.97 Å². The molecule has 0 saturated carbocycles. The lowest BCUT2D eigenvalue weighted by Gasteiger charge is -2.23. The average Bonchev–Trinajstić information content (AvgIpc) is 3.38. The zero-order chi connectivity index (χ0) is 32.6. The van der Waals surface area contributed by atoms with Crippen molar-refractivity contribution in [2.24, 2.45) is 0 Å². The van der Waals surface area contributed by atoms with Gasteiger partial charge >= 0.3 is 0 Å². The van der Waals surface area contributed by atoms with E-state index in [0.717, 1.165) is 39.2 Å². The third kappa shape index (κ3) is 5.41. The van der Waals surface area contributed by atoms with Gasteiger partial charge in [-0.25, -0.2) is 9.97 Å². The second-order valence-corrected chi connectivity index (χ2v) is 12.5. The minimum absolute atomic E-state index is 0.334. The maximum atomic E-state index is 5.19. The molecule has 0 aliphatic carbocycles. The summed E-state index contributed by atoms with van der Waals surface area (Å²) in [6.07, 6.45) is 0.334. The highest BCUT2D eigenvalue weighted by molar-refractivity contribution is 5.85. The Bertz CT molecular complexity index is 2210. The molecule has 8 rings (SSSR count). The van der Waals surface area contributed by atoms with Gasteiger partial charge in [-0.3, -0.25) is 0 Å². The zero-order valence-electron chi connectivity index (χ0n) is 27.4. The van der Waals surface area contributed by atoms with Crippen molar-refractivity contribution in [2.75, 3.05) is 23.9 Å². The van der Waals surface area contributed by atoms with Gasteiger partial charge in [-0.2, -0.15) is 0 Å². The van der Waals surface area contributed by atoms with Crippen LogP contribution in [0.15, 0.2) is 158 Å². The molecule has 48 heavy (non-hydrogen) atoms. The maximum absolute atomic E-state index is 5.19. The lowest BCUT2D eigenvalue weighted by atomic mass is 9.96. The van der Waals surface area contributed by atoms with E-state index in [1.807, 2.05) is 6.07 Å². The van der Waals surface area contributed by atoms with Crippen LogP contribution in [0.5, 0.6) is 0 Å². The molecule has 4 heteroatoms. The Hall–Kier alpha value is -6.00. The molecule has 2 heterocycles. The van der Waals surface area contributed by atoms with E-state index in [2.05, 4.69) is 182 Å². The standard InChI is InChI=1S/C44H36N4/c1-30-47(2)42-27-26-37(28-43(42)48(30)3)33-18-22-35(23-19-33)40-29-41(39-17-11-10-16-38(39)34-14-8-5-9-15-34)46-44(45-40)36-24-20-32(21-25-36)31-12-6-4-7-13-31/h4-30H,1-3H3. The van der Waals surface area contributed by atoms with Crippen LogP contribution in [-0.2, 0) is 0 Å². The fraction of sp³-hybridized carbons (Fsp3) is 0.0909. The number of anilines is 2. The van der Waals surface area contributed by atoms with E-state index in [1.54, 1.807) is 0 Å². The Kier molecular flexibility index (Phi) is 7.54. The van der Waals surface area contributed by atoms with Crippen LogP contribution in [0.1, 0.15) is 6.92 Å². The summed E-state index contributed by atoms with van der Waals surface area (Å²) in [5, 5.41) is 0. The van der Waals surface area contributed by atoms with E-state index < -0.39 is 0 Å². The number of rotatable bonds is 6. The van der Waals surface area contributed by atoms with Crippen molar-refractivity contribution < 1.29 is 0 Å². The summed E-state index contributed by atoms with van der Waals surface area (Å²) in [7, 11) is 4.32. The van der Waals surface area contributed by atoms with E-state index >= 15 is 0 Å². The van der Waals surface area contributed by atoms with Gasteiger partial charge in [-0.1, -0.05) is 140 Å². The number of aromatic nitrogens is 2. The first-order valence-electron chi connectivity index (χ1n) is 16.4. The van der Waals surface area contributed by atoms with Crippen LogP contribution in [0.3, 0.4) is 0 Å². The number of hydrogen-bond donors (Lipinski definition) is 0. The highest BCUT2D eigenvalue weighted by Gasteiger charge is 2.27. The van der Waals surface area contributed by atoms with Gasteiger partial charge in [-0.05, 0) is 58.5 Å². The largest absolute Gasteiger partial charge is 0.353 e. The van der Waals surface area contributed by atoms with Crippen LogP contribution in [0.2, 0.25) is 0 Å². The molecular formula is C44H36N4.